The first-order valence-electron chi connectivity index (χ1n) is 10.1. The van der Waals surface area contributed by atoms with Crippen LogP contribution in [0.1, 0.15) is 32.6 Å². The van der Waals surface area contributed by atoms with Crippen LogP contribution in [0, 0.1) is 5.92 Å². The molecule has 26 heavy (non-hydrogen) atoms. The Morgan fingerprint density at radius 3 is 2.42 bits per heavy atom. The summed E-state index contributed by atoms with van der Waals surface area (Å²) in [6.45, 7) is 8.96. The van der Waals surface area contributed by atoms with Gasteiger partial charge in [-0.25, -0.2) is 0 Å². The molecule has 0 aromatic carbocycles. The van der Waals surface area contributed by atoms with Crippen molar-refractivity contribution in [3.8, 4) is 0 Å². The highest BCUT2D eigenvalue weighted by Gasteiger charge is 2.28. The average molecular weight is 360 g/mol. The molecule has 1 aromatic heterocycles. The van der Waals surface area contributed by atoms with Crippen molar-refractivity contribution in [1.82, 2.24) is 14.8 Å². The summed E-state index contributed by atoms with van der Waals surface area (Å²) in [7, 11) is 0. The van der Waals surface area contributed by atoms with Crippen LogP contribution in [0.25, 0.3) is 0 Å². The molecule has 3 rings (SSSR count). The Balaban J connectivity index is 1.42. The van der Waals surface area contributed by atoms with Gasteiger partial charge in [0.1, 0.15) is 0 Å². The summed E-state index contributed by atoms with van der Waals surface area (Å²) < 4.78 is 0. The summed E-state index contributed by atoms with van der Waals surface area (Å²) in [6, 6.07) is 3.70. The zero-order valence-corrected chi connectivity index (χ0v) is 16.0. The summed E-state index contributed by atoms with van der Waals surface area (Å²) in [4.78, 5) is 23.6. The number of hydrogen-bond acceptors (Lipinski definition) is 5. The highest BCUT2D eigenvalue weighted by Crippen LogP contribution is 2.22. The number of hydrogen-bond donors (Lipinski definition) is 1. The maximum absolute atomic E-state index is 12.7. The number of carbonyl (C=O) groups is 1. The third kappa shape index (κ3) is 4.95. The van der Waals surface area contributed by atoms with Gasteiger partial charge in [0, 0.05) is 44.3 Å². The van der Waals surface area contributed by atoms with Gasteiger partial charge in [-0.1, -0.05) is 6.92 Å². The number of amides is 1. The van der Waals surface area contributed by atoms with Crippen molar-refractivity contribution in [2.24, 2.45) is 11.7 Å². The predicted molar refractivity (Wildman–Crippen MR) is 105 cm³/mol. The largest absolute Gasteiger partial charge is 0.368 e. The zero-order valence-electron chi connectivity index (χ0n) is 16.0. The van der Waals surface area contributed by atoms with Crippen molar-refractivity contribution in [3.05, 3.63) is 24.5 Å². The molecule has 6 nitrogen and oxygen atoms in total. The molecule has 0 spiro atoms. The van der Waals surface area contributed by atoms with Crippen LogP contribution < -0.4 is 10.6 Å². The Hall–Kier alpha value is -1.66. The minimum absolute atomic E-state index is 0.135. The van der Waals surface area contributed by atoms with Crippen LogP contribution in [0.4, 0.5) is 5.69 Å². The minimum atomic E-state index is -0.342. The second kappa shape index (κ2) is 9.33. The van der Waals surface area contributed by atoms with E-state index in [4.69, 9.17) is 5.73 Å². The van der Waals surface area contributed by atoms with E-state index in [0.717, 1.165) is 45.7 Å². The van der Waals surface area contributed by atoms with Crippen molar-refractivity contribution < 1.29 is 4.79 Å². The van der Waals surface area contributed by atoms with Crippen LogP contribution in [-0.2, 0) is 4.79 Å². The fraction of sp³-hybridized carbons (Fsp3) is 0.700. The van der Waals surface area contributed by atoms with Gasteiger partial charge in [0.25, 0.3) is 0 Å². The average Bonchev–Trinajstić information content (AvgIpc) is 2.70. The smallest absolute Gasteiger partial charge is 0.239 e. The third-order valence-corrected chi connectivity index (χ3v) is 5.77. The van der Waals surface area contributed by atoms with Gasteiger partial charge in [0.05, 0.1) is 6.04 Å². The number of likely N-dealkylation sites (tertiary alicyclic amines) is 1. The minimum Gasteiger partial charge on any atom is -0.368 e. The number of rotatable bonds is 6. The monoisotopic (exact) mass is 359 g/mol. The van der Waals surface area contributed by atoms with E-state index in [-0.39, 0.29) is 11.9 Å². The van der Waals surface area contributed by atoms with E-state index < -0.39 is 0 Å². The molecule has 2 saturated heterocycles. The summed E-state index contributed by atoms with van der Waals surface area (Å²) >= 11 is 0. The van der Waals surface area contributed by atoms with E-state index in [2.05, 4.69) is 21.7 Å². The molecular weight excluding hydrogens is 326 g/mol. The first kappa shape index (κ1) is 19.1. The third-order valence-electron chi connectivity index (χ3n) is 5.77. The molecule has 3 heterocycles. The second-order valence-corrected chi connectivity index (χ2v) is 7.64. The maximum atomic E-state index is 12.7. The van der Waals surface area contributed by atoms with Gasteiger partial charge >= 0.3 is 0 Å². The Morgan fingerprint density at radius 1 is 1.15 bits per heavy atom. The Labute approximate surface area is 157 Å². The lowest BCUT2D eigenvalue weighted by Gasteiger charge is -2.38. The van der Waals surface area contributed by atoms with Crippen molar-refractivity contribution in [2.75, 3.05) is 50.7 Å². The second-order valence-electron chi connectivity index (χ2n) is 7.64. The lowest BCUT2D eigenvalue weighted by Crippen LogP contribution is -2.53. The highest BCUT2D eigenvalue weighted by atomic mass is 16.2. The van der Waals surface area contributed by atoms with Gasteiger partial charge in [-0.15, -0.1) is 0 Å². The molecule has 2 fully saturated rings. The van der Waals surface area contributed by atoms with Crippen molar-refractivity contribution in [3.63, 3.8) is 0 Å². The standard InChI is InChI=1S/C20H33N5O/c1-2-9-23-10-5-17(6-11-23)16-19(21)20(26)25-14-12-24(13-15-25)18-3-7-22-8-4-18/h3-4,7-8,17,19H,2,5-6,9-16,21H2,1H3. The first-order chi connectivity index (χ1) is 12.7. The van der Waals surface area contributed by atoms with Gasteiger partial charge in [-0.2, -0.15) is 0 Å². The fourth-order valence-corrected chi connectivity index (χ4v) is 4.20. The molecule has 1 aromatic rings. The Morgan fingerprint density at radius 2 is 1.81 bits per heavy atom. The van der Waals surface area contributed by atoms with Crippen molar-refractivity contribution >= 4 is 11.6 Å². The number of piperidine rings is 1. The van der Waals surface area contributed by atoms with Crippen LogP contribution in [0.3, 0.4) is 0 Å². The topological polar surface area (TPSA) is 65.7 Å². The molecule has 2 N–H and O–H groups in total. The normalized spacial score (nSPS) is 21.0. The molecular formula is C20H33N5O. The SMILES string of the molecule is CCCN1CCC(CC(N)C(=O)N2CCN(c3ccncc3)CC2)CC1. The number of pyridine rings is 1. The molecule has 6 heteroatoms. The van der Waals surface area contributed by atoms with Gasteiger partial charge in [0.2, 0.25) is 5.91 Å². The van der Waals surface area contributed by atoms with Crippen molar-refractivity contribution in [1.29, 1.82) is 0 Å². The molecule has 1 unspecified atom stereocenters. The molecule has 2 aliphatic rings. The van der Waals surface area contributed by atoms with E-state index >= 15 is 0 Å². The van der Waals surface area contributed by atoms with Crippen molar-refractivity contribution in [2.45, 2.75) is 38.6 Å². The van der Waals surface area contributed by atoms with Gasteiger partial charge in [-0.05, 0) is 63.4 Å². The van der Waals surface area contributed by atoms with Gasteiger partial charge in [0.15, 0.2) is 0 Å². The number of nitrogens with two attached hydrogens (primary N) is 1. The quantitative estimate of drug-likeness (QED) is 0.835. The molecule has 1 amide bonds. The summed E-state index contributed by atoms with van der Waals surface area (Å²) in [5.41, 5.74) is 7.47. The number of anilines is 1. The molecule has 0 aliphatic carbocycles. The Bertz CT molecular complexity index is 551. The van der Waals surface area contributed by atoms with E-state index in [1.807, 2.05) is 29.4 Å². The van der Waals surface area contributed by atoms with Crippen LogP contribution in [0.2, 0.25) is 0 Å². The van der Waals surface area contributed by atoms with Gasteiger partial charge < -0.3 is 20.4 Å². The molecule has 2 aliphatic heterocycles. The van der Waals surface area contributed by atoms with E-state index in [1.54, 1.807) is 0 Å². The van der Waals surface area contributed by atoms with Crippen LogP contribution >= 0.6 is 0 Å². The van der Waals surface area contributed by atoms with Crippen LogP contribution in [0.15, 0.2) is 24.5 Å². The summed E-state index contributed by atoms with van der Waals surface area (Å²) in [5.74, 6) is 0.732. The lowest BCUT2D eigenvalue weighted by molar-refractivity contribution is -0.133. The number of piperazine rings is 1. The number of aromatic nitrogens is 1. The molecule has 0 bridgehead atoms. The summed E-state index contributed by atoms with van der Waals surface area (Å²) in [6.07, 6.45) is 8.04. The molecule has 0 saturated carbocycles. The van der Waals surface area contributed by atoms with Crippen LogP contribution in [0.5, 0.6) is 0 Å². The zero-order chi connectivity index (χ0) is 18.4. The lowest BCUT2D eigenvalue weighted by atomic mass is 9.90. The van der Waals surface area contributed by atoms with E-state index in [1.165, 1.54) is 31.5 Å². The molecule has 144 valence electrons. The van der Waals surface area contributed by atoms with Crippen LogP contribution in [-0.4, -0.2) is 72.5 Å². The van der Waals surface area contributed by atoms with E-state index in [0.29, 0.717) is 5.92 Å². The number of carbonyl (C=O) groups excluding carboxylic acids is 1. The maximum Gasteiger partial charge on any atom is 0.239 e. The molecule has 0 radical (unpaired) electrons. The van der Waals surface area contributed by atoms with E-state index in [9.17, 15) is 4.79 Å². The molecule has 1 atom stereocenters. The van der Waals surface area contributed by atoms with Gasteiger partial charge in [-0.3, -0.25) is 9.78 Å². The summed E-state index contributed by atoms with van der Waals surface area (Å²) in [5, 5.41) is 0. The number of nitrogens with zero attached hydrogens (tertiary/aromatic N) is 4. The Kier molecular flexibility index (Phi) is 6.86. The first-order valence-corrected chi connectivity index (χ1v) is 10.1. The highest BCUT2D eigenvalue weighted by molar-refractivity contribution is 5.82. The predicted octanol–water partition coefficient (Wildman–Crippen LogP) is 1.57. The fourth-order valence-electron chi connectivity index (χ4n) is 4.20.